The maximum atomic E-state index is 5.01. The summed E-state index contributed by atoms with van der Waals surface area (Å²) in [5, 5.41) is 5.01. The summed E-state index contributed by atoms with van der Waals surface area (Å²) in [6.07, 6.45) is 1.18. The molecule has 3 heterocycles. The highest BCUT2D eigenvalue weighted by Gasteiger charge is 2.29. The van der Waals surface area contributed by atoms with Gasteiger partial charge in [0.2, 0.25) is 0 Å². The van der Waals surface area contributed by atoms with Crippen molar-refractivity contribution < 1.29 is 0 Å². The molecule has 120 valence electrons. The van der Waals surface area contributed by atoms with Crippen LogP contribution in [-0.2, 0) is 5.41 Å². The molecule has 1 aliphatic heterocycles. The van der Waals surface area contributed by atoms with Crippen LogP contribution >= 0.6 is 0 Å². The summed E-state index contributed by atoms with van der Waals surface area (Å²) in [4.78, 5) is 2.39. The minimum absolute atomic E-state index is 0.0986. The predicted octanol–water partition coefficient (Wildman–Crippen LogP) is 3.46. The van der Waals surface area contributed by atoms with Crippen LogP contribution in [0.15, 0.2) is 18.2 Å². The summed E-state index contributed by atoms with van der Waals surface area (Å²) in [6.45, 7) is 13.4. The zero-order valence-corrected chi connectivity index (χ0v) is 14.7. The molecule has 1 atom stereocenters. The van der Waals surface area contributed by atoms with Gasteiger partial charge in [-0.2, -0.15) is 5.10 Å². The Kier molecular flexibility index (Phi) is 3.68. The van der Waals surface area contributed by atoms with Gasteiger partial charge < -0.3 is 9.47 Å². The second-order valence-electron chi connectivity index (χ2n) is 7.74. The first-order valence-corrected chi connectivity index (χ1v) is 8.21. The summed E-state index contributed by atoms with van der Waals surface area (Å²) >= 11 is 0. The van der Waals surface area contributed by atoms with Crippen LogP contribution in [0.3, 0.4) is 0 Å². The summed E-state index contributed by atoms with van der Waals surface area (Å²) in [6, 6.07) is 7.09. The Balaban J connectivity index is 2.09. The van der Waals surface area contributed by atoms with Crippen LogP contribution in [0, 0.1) is 13.8 Å². The van der Waals surface area contributed by atoms with Crippen molar-refractivity contribution in [2.24, 2.45) is 0 Å². The number of aryl methyl sites for hydroxylation is 2. The van der Waals surface area contributed by atoms with E-state index in [1.807, 2.05) is 0 Å². The van der Waals surface area contributed by atoms with Gasteiger partial charge >= 0.3 is 0 Å². The van der Waals surface area contributed by atoms with E-state index in [9.17, 15) is 0 Å². The second kappa shape index (κ2) is 5.27. The fourth-order valence-corrected chi connectivity index (χ4v) is 3.47. The lowest BCUT2D eigenvalue weighted by Gasteiger charge is -2.23. The van der Waals surface area contributed by atoms with Crippen molar-refractivity contribution in [3.05, 3.63) is 35.3 Å². The highest BCUT2D eigenvalue weighted by atomic mass is 15.4. The normalized spacial score (nSPS) is 20.0. The molecule has 1 saturated heterocycles. The first-order valence-electron chi connectivity index (χ1n) is 8.21. The molecule has 2 aromatic rings. The van der Waals surface area contributed by atoms with Gasteiger partial charge in [-0.15, -0.1) is 0 Å². The Bertz CT molecular complexity index is 652. The summed E-state index contributed by atoms with van der Waals surface area (Å²) < 4.78 is 4.54. The zero-order chi connectivity index (χ0) is 16.1. The Morgan fingerprint density at radius 3 is 2.27 bits per heavy atom. The van der Waals surface area contributed by atoms with Crippen molar-refractivity contribution in [1.29, 1.82) is 0 Å². The Hall–Kier alpha value is -1.55. The largest absolute Gasteiger partial charge is 0.304 e. The fourth-order valence-electron chi connectivity index (χ4n) is 3.47. The van der Waals surface area contributed by atoms with Crippen molar-refractivity contribution in [1.82, 2.24) is 19.2 Å². The van der Waals surface area contributed by atoms with Gasteiger partial charge in [-0.25, -0.2) is 0 Å². The van der Waals surface area contributed by atoms with Gasteiger partial charge in [0.1, 0.15) is 0 Å². The van der Waals surface area contributed by atoms with E-state index in [4.69, 9.17) is 5.10 Å². The molecule has 1 unspecified atom stereocenters. The van der Waals surface area contributed by atoms with E-state index >= 15 is 0 Å². The predicted molar refractivity (Wildman–Crippen MR) is 90.9 cm³/mol. The van der Waals surface area contributed by atoms with E-state index in [2.05, 4.69) is 74.0 Å². The van der Waals surface area contributed by atoms with Crippen LogP contribution in [-0.4, -0.2) is 39.4 Å². The van der Waals surface area contributed by atoms with Crippen LogP contribution in [0.2, 0.25) is 0 Å². The van der Waals surface area contributed by atoms with Crippen LogP contribution < -0.4 is 0 Å². The molecule has 0 saturated carbocycles. The lowest BCUT2D eigenvalue weighted by molar-refractivity contribution is 0.366. The van der Waals surface area contributed by atoms with Crippen LogP contribution in [0.5, 0.6) is 0 Å². The van der Waals surface area contributed by atoms with Crippen molar-refractivity contribution in [3.8, 4) is 5.82 Å². The van der Waals surface area contributed by atoms with Gasteiger partial charge in [0, 0.05) is 35.1 Å². The fraction of sp³-hybridized carbons (Fsp3) is 0.611. The molecule has 0 aromatic carbocycles. The zero-order valence-electron chi connectivity index (χ0n) is 14.7. The topological polar surface area (TPSA) is 26.0 Å². The van der Waals surface area contributed by atoms with Gasteiger partial charge in [0.25, 0.3) is 0 Å². The molecule has 3 rings (SSSR count). The van der Waals surface area contributed by atoms with Crippen LogP contribution in [0.25, 0.3) is 5.82 Å². The third kappa shape index (κ3) is 2.60. The Morgan fingerprint density at radius 1 is 1.14 bits per heavy atom. The molecule has 1 fully saturated rings. The number of aromatic nitrogens is 3. The van der Waals surface area contributed by atoms with Gasteiger partial charge in [0.05, 0.1) is 6.04 Å². The Morgan fingerprint density at radius 2 is 1.77 bits per heavy atom. The second-order valence-corrected chi connectivity index (χ2v) is 7.74. The monoisotopic (exact) mass is 300 g/mol. The average Bonchev–Trinajstić information content (AvgIpc) is 3.08. The van der Waals surface area contributed by atoms with E-state index in [1.165, 1.54) is 23.5 Å². The number of rotatable bonds is 2. The molecule has 1 aliphatic rings. The quantitative estimate of drug-likeness (QED) is 0.849. The van der Waals surface area contributed by atoms with Crippen LogP contribution in [0.4, 0.5) is 0 Å². The van der Waals surface area contributed by atoms with Gasteiger partial charge in [-0.05, 0) is 46.0 Å². The molecule has 0 amide bonds. The highest BCUT2D eigenvalue weighted by Crippen LogP contribution is 2.31. The number of hydrogen-bond donors (Lipinski definition) is 0. The lowest BCUT2D eigenvalue weighted by Crippen LogP contribution is -2.24. The minimum Gasteiger partial charge on any atom is -0.304 e. The standard InChI is InChI=1S/C18H28N4/c1-13-7-8-14(2)21(13)17-11-16(18(3,4)5)22(19-17)15-9-10-20(6)12-15/h7-8,11,15H,9-10,12H2,1-6H3. The van der Waals surface area contributed by atoms with Gasteiger partial charge in [-0.1, -0.05) is 20.8 Å². The molecule has 4 nitrogen and oxygen atoms in total. The maximum absolute atomic E-state index is 5.01. The highest BCUT2D eigenvalue weighted by molar-refractivity contribution is 5.35. The molecule has 2 aromatic heterocycles. The molecule has 0 N–H and O–H groups in total. The summed E-state index contributed by atoms with van der Waals surface area (Å²) in [7, 11) is 2.20. The third-order valence-electron chi connectivity index (χ3n) is 4.70. The minimum atomic E-state index is 0.0986. The number of likely N-dealkylation sites (N-methyl/N-ethyl adjacent to an activating group) is 1. The first-order chi connectivity index (χ1) is 10.3. The van der Waals surface area contributed by atoms with E-state index in [-0.39, 0.29) is 5.41 Å². The number of hydrogen-bond acceptors (Lipinski definition) is 2. The molecule has 0 bridgehead atoms. The molecular weight excluding hydrogens is 272 g/mol. The van der Waals surface area contributed by atoms with E-state index in [0.717, 1.165) is 18.9 Å². The number of nitrogens with zero attached hydrogens (tertiary/aromatic N) is 4. The SMILES string of the molecule is Cc1ccc(C)n1-c1cc(C(C)(C)C)n(C2CCN(C)C2)n1. The van der Waals surface area contributed by atoms with Gasteiger partial charge in [-0.3, -0.25) is 4.68 Å². The van der Waals surface area contributed by atoms with Crippen molar-refractivity contribution in [3.63, 3.8) is 0 Å². The summed E-state index contributed by atoms with van der Waals surface area (Å²) in [5.74, 6) is 1.06. The van der Waals surface area contributed by atoms with Crippen molar-refractivity contribution >= 4 is 0 Å². The molecule has 0 spiro atoms. The third-order valence-corrected chi connectivity index (χ3v) is 4.70. The van der Waals surface area contributed by atoms with Crippen molar-refractivity contribution in [2.45, 2.75) is 52.5 Å². The van der Waals surface area contributed by atoms with E-state index in [1.54, 1.807) is 0 Å². The van der Waals surface area contributed by atoms with Crippen molar-refractivity contribution in [2.75, 3.05) is 20.1 Å². The van der Waals surface area contributed by atoms with Crippen LogP contribution in [0.1, 0.15) is 50.3 Å². The lowest BCUT2D eigenvalue weighted by atomic mass is 9.91. The average molecular weight is 300 g/mol. The number of likely N-dealkylation sites (tertiary alicyclic amines) is 1. The maximum Gasteiger partial charge on any atom is 0.159 e. The molecule has 4 heteroatoms. The molecule has 0 radical (unpaired) electrons. The Labute approximate surface area is 133 Å². The van der Waals surface area contributed by atoms with E-state index < -0.39 is 0 Å². The molecular formula is C18H28N4. The smallest absolute Gasteiger partial charge is 0.159 e. The summed E-state index contributed by atoms with van der Waals surface area (Å²) in [5.41, 5.74) is 3.91. The molecule has 0 aliphatic carbocycles. The molecule has 22 heavy (non-hydrogen) atoms. The van der Waals surface area contributed by atoms with Gasteiger partial charge in [0.15, 0.2) is 5.82 Å². The van der Waals surface area contributed by atoms with E-state index in [0.29, 0.717) is 6.04 Å². The first kappa shape index (κ1) is 15.3.